The molecule has 2 aromatic rings. The van der Waals surface area contributed by atoms with Crippen molar-refractivity contribution in [3.8, 4) is 6.07 Å². The minimum atomic E-state index is -0.893. The second-order valence-electron chi connectivity index (χ2n) is 5.76. The van der Waals surface area contributed by atoms with Crippen LogP contribution in [0.3, 0.4) is 0 Å². The largest absolute Gasteiger partial charge is 0.356 e. The summed E-state index contributed by atoms with van der Waals surface area (Å²) < 4.78 is 4.21. The molecule has 1 aliphatic heterocycles. The van der Waals surface area contributed by atoms with Gasteiger partial charge in [-0.3, -0.25) is 14.9 Å². The number of nitriles is 1. The van der Waals surface area contributed by atoms with E-state index in [0.29, 0.717) is 16.5 Å². The van der Waals surface area contributed by atoms with E-state index in [1.54, 1.807) is 37.3 Å². The van der Waals surface area contributed by atoms with Crippen molar-refractivity contribution in [3.05, 3.63) is 52.3 Å². The second-order valence-corrected chi connectivity index (χ2v) is 6.96. The Morgan fingerprint density at radius 3 is 2.77 bits per heavy atom. The highest BCUT2D eigenvalue weighted by atomic mass is 32.1. The van der Waals surface area contributed by atoms with E-state index in [1.165, 1.54) is 0 Å². The van der Waals surface area contributed by atoms with Crippen LogP contribution in [0.25, 0.3) is 0 Å². The first kappa shape index (κ1) is 17.9. The van der Waals surface area contributed by atoms with Crippen LogP contribution in [0.15, 0.2) is 40.9 Å². The van der Waals surface area contributed by atoms with Crippen molar-refractivity contribution in [2.24, 2.45) is 0 Å². The molecule has 1 atom stereocenters. The van der Waals surface area contributed by atoms with Gasteiger partial charge in [-0.15, -0.1) is 12.6 Å². The lowest BCUT2D eigenvalue weighted by Gasteiger charge is -2.35. The average Bonchev–Trinajstić information content (AvgIpc) is 3.01. The number of thiol groups is 1. The van der Waals surface area contributed by atoms with E-state index in [2.05, 4.69) is 37.9 Å². The summed E-state index contributed by atoms with van der Waals surface area (Å²) in [5, 5.41) is 17.9. The molecule has 2 amide bonds. The number of carbonyl (C=O) groups is 2. The van der Waals surface area contributed by atoms with Crippen LogP contribution >= 0.6 is 24.2 Å². The van der Waals surface area contributed by atoms with Gasteiger partial charge in [-0.2, -0.15) is 9.64 Å². The topological polar surface area (TPSA) is 120 Å². The number of nitrogens with zero attached hydrogens (tertiary/aromatic N) is 3. The van der Waals surface area contributed by atoms with Crippen molar-refractivity contribution >= 4 is 41.1 Å². The summed E-state index contributed by atoms with van der Waals surface area (Å²) in [5.41, 5.74) is -0.449. The number of nitrogens with one attached hydrogen (secondary N) is 3. The van der Waals surface area contributed by atoms with E-state index >= 15 is 0 Å². The normalized spacial score (nSPS) is 19.3. The van der Waals surface area contributed by atoms with E-state index in [-0.39, 0.29) is 22.9 Å². The summed E-state index contributed by atoms with van der Waals surface area (Å²) in [6.45, 7) is 1.73. The van der Waals surface area contributed by atoms with Gasteiger partial charge in [0.25, 0.3) is 11.8 Å². The SMILES string of the molecule is CC1(Cc2nsc(NC(=O)c3ccccc3)n2)NC(=O)C(C#N)=C(S)N1. The molecule has 1 aromatic heterocycles. The fourth-order valence-electron chi connectivity index (χ4n) is 2.42. The first-order valence-electron chi connectivity index (χ1n) is 7.53. The summed E-state index contributed by atoms with van der Waals surface area (Å²) in [6.07, 6.45) is 0.249. The summed E-state index contributed by atoms with van der Waals surface area (Å²) in [4.78, 5) is 28.4. The molecule has 0 aliphatic carbocycles. The number of hydrogen-bond acceptors (Lipinski definition) is 8. The molecule has 0 fully saturated rings. The highest BCUT2D eigenvalue weighted by Gasteiger charge is 2.35. The summed E-state index contributed by atoms with van der Waals surface area (Å²) in [7, 11) is 0. The van der Waals surface area contributed by atoms with Crippen LogP contribution in [0.4, 0.5) is 5.13 Å². The molecule has 0 radical (unpaired) electrons. The molecule has 3 N–H and O–H groups in total. The molecule has 0 saturated carbocycles. The molecule has 1 aliphatic rings. The molecule has 26 heavy (non-hydrogen) atoms. The van der Waals surface area contributed by atoms with Gasteiger partial charge in [0.15, 0.2) is 0 Å². The predicted molar refractivity (Wildman–Crippen MR) is 99.3 cm³/mol. The highest BCUT2D eigenvalue weighted by Crippen LogP contribution is 2.21. The average molecular weight is 386 g/mol. The predicted octanol–water partition coefficient (Wildman–Crippen LogP) is 1.43. The van der Waals surface area contributed by atoms with Crippen LogP contribution in [0, 0.1) is 11.3 Å². The number of benzene rings is 1. The zero-order chi connectivity index (χ0) is 18.7. The molecule has 1 unspecified atom stereocenters. The Morgan fingerprint density at radius 1 is 1.38 bits per heavy atom. The first-order chi connectivity index (χ1) is 12.4. The van der Waals surface area contributed by atoms with Crippen LogP contribution in [0.2, 0.25) is 0 Å². The van der Waals surface area contributed by atoms with Crippen LogP contribution in [0.1, 0.15) is 23.1 Å². The van der Waals surface area contributed by atoms with Crippen molar-refractivity contribution in [1.29, 1.82) is 5.26 Å². The van der Waals surface area contributed by atoms with Gasteiger partial charge in [0.05, 0.1) is 11.4 Å². The summed E-state index contributed by atoms with van der Waals surface area (Å²) in [6, 6.07) is 10.6. The molecular formula is C16H14N6O2S2. The Bertz CT molecular complexity index is 934. The number of amides is 2. The third-order valence-electron chi connectivity index (χ3n) is 3.60. The van der Waals surface area contributed by atoms with E-state index in [9.17, 15) is 9.59 Å². The Morgan fingerprint density at radius 2 is 2.12 bits per heavy atom. The van der Waals surface area contributed by atoms with Gasteiger partial charge in [0.2, 0.25) is 5.13 Å². The Hall–Kier alpha value is -2.90. The van der Waals surface area contributed by atoms with Gasteiger partial charge in [0, 0.05) is 17.1 Å². The quantitative estimate of drug-likeness (QED) is 0.590. The Labute approximate surface area is 158 Å². The number of carbonyl (C=O) groups excluding carboxylic acids is 2. The van der Waals surface area contributed by atoms with Crippen molar-refractivity contribution in [3.63, 3.8) is 0 Å². The van der Waals surface area contributed by atoms with Gasteiger partial charge >= 0.3 is 0 Å². The van der Waals surface area contributed by atoms with Crippen LogP contribution < -0.4 is 16.0 Å². The monoisotopic (exact) mass is 386 g/mol. The van der Waals surface area contributed by atoms with Gasteiger partial charge in [-0.05, 0) is 19.1 Å². The van der Waals surface area contributed by atoms with Crippen molar-refractivity contribution in [2.45, 2.75) is 19.0 Å². The molecule has 0 bridgehead atoms. The molecule has 2 heterocycles. The van der Waals surface area contributed by atoms with Crippen molar-refractivity contribution in [2.75, 3.05) is 5.32 Å². The zero-order valence-electron chi connectivity index (χ0n) is 13.6. The molecule has 132 valence electrons. The minimum Gasteiger partial charge on any atom is -0.356 e. The summed E-state index contributed by atoms with van der Waals surface area (Å²) in [5.74, 6) is -0.343. The number of hydrogen-bond donors (Lipinski definition) is 4. The first-order valence-corrected chi connectivity index (χ1v) is 8.75. The van der Waals surface area contributed by atoms with E-state index in [1.807, 2.05) is 6.07 Å². The Kier molecular flexibility index (Phi) is 4.92. The summed E-state index contributed by atoms with van der Waals surface area (Å²) >= 11 is 5.21. The van der Waals surface area contributed by atoms with Gasteiger partial charge in [-0.1, -0.05) is 18.2 Å². The lowest BCUT2D eigenvalue weighted by Crippen LogP contribution is -2.61. The van der Waals surface area contributed by atoms with Crippen LogP contribution in [-0.2, 0) is 11.2 Å². The maximum atomic E-state index is 12.1. The third kappa shape index (κ3) is 3.84. The third-order valence-corrected chi connectivity index (χ3v) is 4.60. The molecule has 0 saturated heterocycles. The molecule has 10 heteroatoms. The number of rotatable bonds is 4. The molecular weight excluding hydrogens is 372 g/mol. The molecule has 3 rings (SSSR count). The van der Waals surface area contributed by atoms with E-state index in [0.717, 1.165) is 11.5 Å². The van der Waals surface area contributed by atoms with Gasteiger partial charge in [-0.25, -0.2) is 4.98 Å². The van der Waals surface area contributed by atoms with Gasteiger partial charge < -0.3 is 10.6 Å². The fourth-order valence-corrected chi connectivity index (χ4v) is 3.40. The van der Waals surface area contributed by atoms with Crippen LogP contribution in [-0.4, -0.2) is 26.8 Å². The lowest BCUT2D eigenvalue weighted by atomic mass is 10.0. The van der Waals surface area contributed by atoms with Crippen molar-refractivity contribution < 1.29 is 9.59 Å². The maximum Gasteiger partial charge on any atom is 0.266 e. The lowest BCUT2D eigenvalue weighted by molar-refractivity contribution is -0.119. The standard InChI is InChI=1S/C16H14N6O2S2/c1-16(20-13(24)10(8-17)14(25)21-16)7-11-18-15(26-22-11)19-12(23)9-5-3-2-4-6-9/h2-6,21,25H,7H2,1H3,(H,20,24)(H,18,19,22,23). The van der Waals surface area contributed by atoms with E-state index < -0.39 is 11.6 Å². The van der Waals surface area contributed by atoms with Gasteiger partial charge in [0.1, 0.15) is 23.1 Å². The van der Waals surface area contributed by atoms with Crippen LogP contribution in [0.5, 0.6) is 0 Å². The van der Waals surface area contributed by atoms with Crippen molar-refractivity contribution in [1.82, 2.24) is 20.0 Å². The smallest absolute Gasteiger partial charge is 0.266 e. The number of aromatic nitrogens is 2. The number of anilines is 1. The maximum absolute atomic E-state index is 12.1. The Balaban J connectivity index is 1.69. The zero-order valence-corrected chi connectivity index (χ0v) is 15.3. The highest BCUT2D eigenvalue weighted by molar-refractivity contribution is 7.84. The fraction of sp³-hybridized carbons (Fsp3) is 0.188. The van der Waals surface area contributed by atoms with E-state index in [4.69, 9.17) is 5.26 Å². The molecule has 8 nitrogen and oxygen atoms in total. The second kappa shape index (κ2) is 7.15. The minimum absolute atomic E-state index is 0.0761. The molecule has 1 aromatic carbocycles. The molecule has 0 spiro atoms.